The molecular weight excluding hydrogens is 552 g/mol. The lowest BCUT2D eigenvalue weighted by Gasteiger charge is -2.23. The van der Waals surface area contributed by atoms with Gasteiger partial charge in [0.25, 0.3) is 21.6 Å². The highest BCUT2D eigenvalue weighted by atomic mass is 32.2. The molecular formula is C28H24N4O8S. The van der Waals surface area contributed by atoms with Crippen LogP contribution in [0, 0.1) is 10.1 Å². The molecule has 0 aliphatic rings. The number of non-ortho nitro benzene ring substituents is 1. The number of carbonyl (C=O) groups is 2. The molecule has 13 heteroatoms. The van der Waals surface area contributed by atoms with E-state index in [1.807, 2.05) is 0 Å². The molecule has 0 saturated carbocycles. The monoisotopic (exact) mass is 576 g/mol. The normalized spacial score (nSPS) is 11.2. The van der Waals surface area contributed by atoms with Crippen molar-refractivity contribution >= 4 is 39.5 Å². The highest BCUT2D eigenvalue weighted by Gasteiger charge is 2.28. The lowest BCUT2D eigenvalue weighted by molar-refractivity contribution is -0.384. The van der Waals surface area contributed by atoms with Crippen LogP contribution in [0.1, 0.15) is 23.0 Å². The van der Waals surface area contributed by atoms with Gasteiger partial charge >= 0.3 is 5.97 Å². The number of ether oxygens (including phenoxy) is 1. The number of sulfonamides is 1. The Morgan fingerprint density at radius 3 is 2.44 bits per heavy atom. The Morgan fingerprint density at radius 1 is 1.02 bits per heavy atom. The van der Waals surface area contributed by atoms with Gasteiger partial charge in [0, 0.05) is 17.7 Å². The van der Waals surface area contributed by atoms with Crippen LogP contribution < -0.4 is 9.73 Å². The van der Waals surface area contributed by atoms with E-state index >= 15 is 0 Å². The molecule has 0 unspecified atom stereocenters. The van der Waals surface area contributed by atoms with Gasteiger partial charge in [-0.3, -0.25) is 19.2 Å². The van der Waals surface area contributed by atoms with E-state index < -0.39 is 33.4 Å². The van der Waals surface area contributed by atoms with Crippen LogP contribution in [0.15, 0.2) is 105 Å². The zero-order valence-corrected chi connectivity index (χ0v) is 22.5. The molecule has 0 atom stereocenters. The van der Waals surface area contributed by atoms with Crippen molar-refractivity contribution < 1.29 is 32.1 Å². The van der Waals surface area contributed by atoms with Crippen LogP contribution in [0.2, 0.25) is 0 Å². The predicted octanol–water partition coefficient (Wildman–Crippen LogP) is 4.38. The number of carbonyl (C=O) groups excluding carboxylic acids is 2. The topological polar surface area (TPSA) is 161 Å². The SMILES string of the molecule is CCOC(=O)c1ccc(-c2ccc(/C=N\NC(=O)CN(c3cccc([N+](=O)[O-])c3)S(=O)(=O)c3ccccc3)o2)cc1. The van der Waals surface area contributed by atoms with Gasteiger partial charge < -0.3 is 9.15 Å². The van der Waals surface area contributed by atoms with E-state index in [1.165, 1.54) is 48.7 Å². The average molecular weight is 577 g/mol. The van der Waals surface area contributed by atoms with Crippen LogP contribution in [0.4, 0.5) is 11.4 Å². The Kier molecular flexibility index (Phi) is 8.89. The quantitative estimate of drug-likeness (QED) is 0.119. The van der Waals surface area contributed by atoms with Crippen molar-refractivity contribution in [2.75, 3.05) is 17.5 Å². The molecule has 0 aliphatic carbocycles. The summed E-state index contributed by atoms with van der Waals surface area (Å²) in [6, 6.07) is 22.3. The summed E-state index contributed by atoms with van der Waals surface area (Å²) in [5, 5.41) is 15.1. The van der Waals surface area contributed by atoms with Gasteiger partial charge in [-0.05, 0) is 49.4 Å². The van der Waals surface area contributed by atoms with Crippen molar-refractivity contribution in [1.29, 1.82) is 0 Å². The number of nitro groups is 1. The minimum atomic E-state index is -4.26. The van der Waals surface area contributed by atoms with Crippen molar-refractivity contribution in [2.45, 2.75) is 11.8 Å². The number of nitrogens with zero attached hydrogens (tertiary/aromatic N) is 3. The first kappa shape index (κ1) is 28.7. The van der Waals surface area contributed by atoms with Gasteiger partial charge in [0.15, 0.2) is 0 Å². The van der Waals surface area contributed by atoms with Crippen molar-refractivity contribution in [3.63, 3.8) is 0 Å². The predicted molar refractivity (Wildman–Crippen MR) is 150 cm³/mol. The van der Waals surface area contributed by atoms with E-state index in [-0.39, 0.29) is 22.9 Å². The fourth-order valence-corrected chi connectivity index (χ4v) is 5.13. The maximum absolute atomic E-state index is 13.4. The summed E-state index contributed by atoms with van der Waals surface area (Å²) >= 11 is 0. The summed E-state index contributed by atoms with van der Waals surface area (Å²) in [5.41, 5.74) is 2.95. The van der Waals surface area contributed by atoms with E-state index in [4.69, 9.17) is 9.15 Å². The summed E-state index contributed by atoms with van der Waals surface area (Å²) in [7, 11) is -4.26. The minimum absolute atomic E-state index is 0.0631. The molecule has 0 spiro atoms. The number of rotatable bonds is 11. The standard InChI is InChI=1S/C28H24N4O8S/c1-2-39-28(34)21-13-11-20(12-14-21)26-16-15-24(40-26)18-29-30-27(33)19-31(22-7-6-8-23(17-22)32(35)36)41(37,38)25-9-4-3-5-10-25/h3-18H,2,19H2,1H3,(H,30,33)/b29-18-. The minimum Gasteiger partial charge on any atom is -0.462 e. The third-order valence-corrected chi connectivity index (χ3v) is 7.42. The summed E-state index contributed by atoms with van der Waals surface area (Å²) < 4.78 is 38.2. The Bertz CT molecular complexity index is 1680. The zero-order chi connectivity index (χ0) is 29.4. The Balaban J connectivity index is 1.47. The molecule has 1 amide bonds. The third kappa shape index (κ3) is 7.02. The molecule has 1 aromatic heterocycles. The molecule has 12 nitrogen and oxygen atoms in total. The second-order valence-electron chi connectivity index (χ2n) is 8.39. The smallest absolute Gasteiger partial charge is 0.338 e. The second-order valence-corrected chi connectivity index (χ2v) is 10.3. The highest BCUT2D eigenvalue weighted by Crippen LogP contribution is 2.27. The van der Waals surface area contributed by atoms with Crippen LogP contribution >= 0.6 is 0 Å². The first-order chi connectivity index (χ1) is 19.7. The highest BCUT2D eigenvalue weighted by molar-refractivity contribution is 7.92. The van der Waals surface area contributed by atoms with Gasteiger partial charge in [-0.15, -0.1) is 0 Å². The van der Waals surface area contributed by atoms with Gasteiger partial charge in [-0.25, -0.2) is 18.6 Å². The Hall–Kier alpha value is -5.30. The molecule has 3 aromatic carbocycles. The van der Waals surface area contributed by atoms with Crippen LogP contribution in [0.3, 0.4) is 0 Å². The number of esters is 1. The Labute approximate surface area is 235 Å². The average Bonchev–Trinajstić information content (AvgIpc) is 3.45. The molecule has 4 rings (SSSR count). The summed E-state index contributed by atoms with van der Waals surface area (Å²) in [6.07, 6.45) is 1.23. The van der Waals surface area contributed by atoms with E-state index in [1.54, 1.807) is 49.4 Å². The van der Waals surface area contributed by atoms with Crippen LogP contribution in [0.25, 0.3) is 11.3 Å². The number of hydrogen-bond acceptors (Lipinski definition) is 9. The molecule has 210 valence electrons. The molecule has 41 heavy (non-hydrogen) atoms. The Morgan fingerprint density at radius 2 is 1.76 bits per heavy atom. The number of furan rings is 1. The lowest BCUT2D eigenvalue weighted by atomic mass is 10.1. The molecule has 1 N–H and O–H groups in total. The van der Waals surface area contributed by atoms with E-state index in [9.17, 15) is 28.1 Å². The molecule has 0 bridgehead atoms. The van der Waals surface area contributed by atoms with Crippen molar-refractivity contribution in [3.8, 4) is 11.3 Å². The van der Waals surface area contributed by atoms with Crippen LogP contribution in [0.5, 0.6) is 0 Å². The van der Waals surface area contributed by atoms with E-state index in [2.05, 4.69) is 10.5 Å². The van der Waals surface area contributed by atoms with Gasteiger partial charge in [0.05, 0.1) is 33.9 Å². The summed E-state index contributed by atoms with van der Waals surface area (Å²) in [5.74, 6) is -0.447. The number of nitro benzene ring substituents is 1. The lowest BCUT2D eigenvalue weighted by Crippen LogP contribution is -2.39. The van der Waals surface area contributed by atoms with Crippen molar-refractivity contribution in [1.82, 2.24) is 5.43 Å². The van der Waals surface area contributed by atoms with Crippen LogP contribution in [-0.2, 0) is 19.6 Å². The number of hydrazone groups is 1. The first-order valence-corrected chi connectivity index (χ1v) is 13.6. The third-order valence-electron chi connectivity index (χ3n) is 5.64. The number of amides is 1. The number of nitrogens with one attached hydrogen (secondary N) is 1. The maximum atomic E-state index is 13.4. The number of anilines is 1. The van der Waals surface area contributed by atoms with E-state index in [0.717, 1.165) is 10.4 Å². The molecule has 0 aliphatic heterocycles. The zero-order valence-electron chi connectivity index (χ0n) is 21.7. The molecule has 0 radical (unpaired) electrons. The van der Waals surface area contributed by atoms with E-state index in [0.29, 0.717) is 22.6 Å². The molecule has 1 heterocycles. The van der Waals surface area contributed by atoms with Gasteiger partial charge in [-0.1, -0.05) is 36.4 Å². The fourth-order valence-electron chi connectivity index (χ4n) is 3.69. The number of benzene rings is 3. The molecule has 0 fully saturated rings. The van der Waals surface area contributed by atoms with Gasteiger partial charge in [0.2, 0.25) is 0 Å². The van der Waals surface area contributed by atoms with Crippen molar-refractivity contribution in [2.24, 2.45) is 5.10 Å². The fraction of sp³-hybridized carbons (Fsp3) is 0.107. The van der Waals surface area contributed by atoms with Gasteiger partial charge in [-0.2, -0.15) is 5.10 Å². The second kappa shape index (κ2) is 12.7. The summed E-state index contributed by atoms with van der Waals surface area (Å²) in [6.45, 7) is 1.29. The van der Waals surface area contributed by atoms with Crippen LogP contribution in [-0.4, -0.2) is 44.6 Å². The largest absolute Gasteiger partial charge is 0.462 e. The maximum Gasteiger partial charge on any atom is 0.338 e. The number of hydrogen-bond donors (Lipinski definition) is 1. The molecule has 0 saturated heterocycles. The van der Waals surface area contributed by atoms with Crippen molar-refractivity contribution in [3.05, 3.63) is 112 Å². The first-order valence-electron chi connectivity index (χ1n) is 12.2. The van der Waals surface area contributed by atoms with Gasteiger partial charge in [0.1, 0.15) is 18.1 Å². The summed E-state index contributed by atoms with van der Waals surface area (Å²) in [4.78, 5) is 35.1. The molecule has 4 aromatic rings.